The van der Waals surface area contributed by atoms with Crippen LogP contribution in [0.15, 0.2) is 48.5 Å². The minimum Gasteiger partial charge on any atom is -0.497 e. The molecule has 2 aromatic carbocycles. The van der Waals surface area contributed by atoms with Crippen molar-refractivity contribution in [1.82, 2.24) is 19.7 Å². The number of ether oxygens (including phenoxy) is 2. The van der Waals surface area contributed by atoms with Crippen LogP contribution < -0.4 is 9.47 Å². The van der Waals surface area contributed by atoms with E-state index in [0.29, 0.717) is 29.5 Å². The van der Waals surface area contributed by atoms with Crippen molar-refractivity contribution in [2.45, 2.75) is 25.4 Å². The number of benzene rings is 2. The zero-order valence-corrected chi connectivity index (χ0v) is 19.6. The molecule has 1 aliphatic rings. The molecule has 180 valence electrons. The third-order valence-electron chi connectivity index (χ3n) is 6.26. The average molecular weight is 467 g/mol. The van der Waals surface area contributed by atoms with Crippen molar-refractivity contribution >= 4 is 6.03 Å². The maximum Gasteiger partial charge on any atom is 0.343 e. The highest BCUT2D eigenvalue weighted by Gasteiger charge is 2.28. The van der Waals surface area contributed by atoms with Gasteiger partial charge in [0.15, 0.2) is 0 Å². The summed E-state index contributed by atoms with van der Waals surface area (Å²) in [5.41, 5.74) is 4.37. The normalized spacial score (nSPS) is 14.2. The second-order valence-corrected chi connectivity index (χ2v) is 8.32. The SMILES string of the molecule is COc1ccc(-n2nc(C3CCN(C(=O)N(C)O)CC3)cc2-c2ccc(CO)c(OC)c2)cc1. The van der Waals surface area contributed by atoms with Crippen LogP contribution in [0.25, 0.3) is 16.9 Å². The van der Waals surface area contributed by atoms with Crippen LogP contribution in [0.3, 0.4) is 0 Å². The number of piperidine rings is 1. The summed E-state index contributed by atoms with van der Waals surface area (Å²) in [7, 11) is 4.56. The molecular formula is C25H30N4O5. The van der Waals surface area contributed by atoms with Crippen LogP contribution >= 0.6 is 0 Å². The molecule has 1 aliphatic heterocycles. The van der Waals surface area contributed by atoms with Crippen molar-refractivity contribution < 1.29 is 24.6 Å². The van der Waals surface area contributed by atoms with Crippen LogP contribution in [0.1, 0.15) is 30.0 Å². The van der Waals surface area contributed by atoms with Crippen molar-refractivity contribution in [3.05, 3.63) is 59.8 Å². The van der Waals surface area contributed by atoms with Gasteiger partial charge in [-0.3, -0.25) is 5.21 Å². The molecule has 0 radical (unpaired) electrons. The molecule has 2 N–H and O–H groups in total. The molecule has 0 atom stereocenters. The molecule has 1 saturated heterocycles. The van der Waals surface area contributed by atoms with Crippen LogP contribution in [0.2, 0.25) is 0 Å². The molecular weight excluding hydrogens is 436 g/mol. The van der Waals surface area contributed by atoms with E-state index in [2.05, 4.69) is 6.07 Å². The first kappa shape index (κ1) is 23.6. The lowest BCUT2D eigenvalue weighted by Crippen LogP contribution is -2.43. The largest absolute Gasteiger partial charge is 0.497 e. The zero-order chi connectivity index (χ0) is 24.2. The Balaban J connectivity index is 1.70. The molecule has 9 nitrogen and oxygen atoms in total. The van der Waals surface area contributed by atoms with E-state index in [0.717, 1.165) is 41.2 Å². The van der Waals surface area contributed by atoms with Gasteiger partial charge < -0.3 is 19.5 Å². The fourth-order valence-corrected chi connectivity index (χ4v) is 4.33. The minimum atomic E-state index is -0.390. The van der Waals surface area contributed by atoms with Gasteiger partial charge in [0.05, 0.1) is 37.9 Å². The number of methoxy groups -OCH3 is 2. The number of hydroxylamine groups is 2. The molecule has 0 spiro atoms. The molecule has 0 saturated carbocycles. The smallest absolute Gasteiger partial charge is 0.343 e. The number of amides is 2. The van der Waals surface area contributed by atoms with Crippen LogP contribution in [0, 0.1) is 0 Å². The summed E-state index contributed by atoms with van der Waals surface area (Å²) in [6.45, 7) is 1.00. The topological polar surface area (TPSA) is 100 Å². The Morgan fingerprint density at radius 3 is 2.38 bits per heavy atom. The number of hydrogen-bond donors (Lipinski definition) is 2. The van der Waals surface area contributed by atoms with Gasteiger partial charge in [0.2, 0.25) is 0 Å². The predicted molar refractivity (Wildman–Crippen MR) is 127 cm³/mol. The number of aliphatic hydroxyl groups is 1. The number of carbonyl (C=O) groups is 1. The van der Waals surface area contributed by atoms with Crippen molar-refractivity contribution in [1.29, 1.82) is 0 Å². The average Bonchev–Trinajstić information content (AvgIpc) is 3.33. The number of urea groups is 1. The Morgan fingerprint density at radius 2 is 1.79 bits per heavy atom. The molecule has 0 unspecified atom stereocenters. The number of aromatic nitrogens is 2. The highest BCUT2D eigenvalue weighted by atomic mass is 16.5. The van der Waals surface area contributed by atoms with Crippen LogP contribution in [0.4, 0.5) is 4.79 Å². The molecule has 0 aliphatic carbocycles. The fraction of sp³-hybridized carbons (Fsp3) is 0.360. The summed E-state index contributed by atoms with van der Waals surface area (Å²) < 4.78 is 12.7. The summed E-state index contributed by atoms with van der Waals surface area (Å²) in [5, 5.41) is 24.6. The summed E-state index contributed by atoms with van der Waals surface area (Å²) >= 11 is 0. The van der Waals surface area contributed by atoms with E-state index in [1.165, 1.54) is 7.05 Å². The third kappa shape index (κ3) is 4.71. The van der Waals surface area contributed by atoms with Gasteiger partial charge in [-0.1, -0.05) is 12.1 Å². The Kier molecular flexibility index (Phi) is 7.04. The Bertz CT molecular complexity index is 1130. The van der Waals surface area contributed by atoms with Gasteiger partial charge in [0, 0.05) is 37.2 Å². The van der Waals surface area contributed by atoms with E-state index >= 15 is 0 Å². The number of hydrogen-bond acceptors (Lipinski definition) is 6. The summed E-state index contributed by atoms with van der Waals surface area (Å²) in [6, 6.07) is 15.1. The molecule has 0 bridgehead atoms. The van der Waals surface area contributed by atoms with Gasteiger partial charge >= 0.3 is 6.03 Å². The van der Waals surface area contributed by atoms with E-state index in [1.807, 2.05) is 47.1 Å². The van der Waals surface area contributed by atoms with E-state index in [4.69, 9.17) is 14.6 Å². The van der Waals surface area contributed by atoms with Gasteiger partial charge in [-0.05, 0) is 49.2 Å². The van der Waals surface area contributed by atoms with Crippen LogP contribution in [-0.2, 0) is 6.61 Å². The lowest BCUT2D eigenvalue weighted by atomic mass is 9.93. The van der Waals surface area contributed by atoms with E-state index in [1.54, 1.807) is 19.1 Å². The maximum atomic E-state index is 12.1. The molecule has 9 heteroatoms. The first-order chi connectivity index (χ1) is 16.4. The molecule has 4 rings (SSSR count). The Morgan fingerprint density at radius 1 is 1.09 bits per heavy atom. The lowest BCUT2D eigenvalue weighted by Gasteiger charge is -2.32. The maximum absolute atomic E-state index is 12.1. The number of aliphatic hydroxyl groups excluding tert-OH is 1. The molecule has 3 aromatic rings. The Hall–Kier alpha value is -3.56. The lowest BCUT2D eigenvalue weighted by molar-refractivity contribution is -0.0356. The van der Waals surface area contributed by atoms with Crippen molar-refractivity contribution in [2.75, 3.05) is 34.4 Å². The summed E-state index contributed by atoms with van der Waals surface area (Å²) in [6.07, 6.45) is 1.51. The molecule has 34 heavy (non-hydrogen) atoms. The molecule has 1 fully saturated rings. The van der Waals surface area contributed by atoms with E-state index in [-0.39, 0.29) is 18.6 Å². The molecule has 2 amide bonds. The van der Waals surface area contributed by atoms with Gasteiger partial charge in [-0.2, -0.15) is 5.10 Å². The van der Waals surface area contributed by atoms with E-state index < -0.39 is 0 Å². The van der Waals surface area contributed by atoms with Gasteiger partial charge in [-0.25, -0.2) is 14.5 Å². The van der Waals surface area contributed by atoms with Crippen LogP contribution in [0.5, 0.6) is 11.5 Å². The van der Waals surface area contributed by atoms with E-state index in [9.17, 15) is 15.1 Å². The van der Waals surface area contributed by atoms with Gasteiger partial charge in [0.25, 0.3) is 0 Å². The number of nitrogens with zero attached hydrogens (tertiary/aromatic N) is 4. The highest BCUT2D eigenvalue weighted by Crippen LogP contribution is 2.34. The fourth-order valence-electron chi connectivity index (χ4n) is 4.33. The molecule has 1 aromatic heterocycles. The number of likely N-dealkylation sites (tertiary alicyclic amines) is 1. The second kappa shape index (κ2) is 10.1. The Labute approximate surface area is 198 Å². The predicted octanol–water partition coefficient (Wildman–Crippen LogP) is 3.67. The second-order valence-electron chi connectivity index (χ2n) is 8.32. The quantitative estimate of drug-likeness (QED) is 0.425. The first-order valence-electron chi connectivity index (χ1n) is 11.2. The van der Waals surface area contributed by atoms with Crippen molar-refractivity contribution in [3.8, 4) is 28.4 Å². The van der Waals surface area contributed by atoms with Crippen LogP contribution in [-0.4, -0.2) is 70.4 Å². The van der Waals surface area contributed by atoms with Gasteiger partial charge in [-0.15, -0.1) is 0 Å². The van der Waals surface area contributed by atoms with Crippen molar-refractivity contribution in [3.63, 3.8) is 0 Å². The van der Waals surface area contributed by atoms with Gasteiger partial charge in [0.1, 0.15) is 11.5 Å². The standard InChI is InChI=1S/C25H30N4O5/c1-27(32)25(31)28-12-10-17(11-13-28)22-15-23(18-4-5-19(16-30)24(14-18)34-3)29(26-22)20-6-8-21(33-2)9-7-20/h4-9,14-15,17,30,32H,10-13,16H2,1-3H3. The number of carbonyl (C=O) groups excluding carboxylic acids is 1. The highest BCUT2D eigenvalue weighted by molar-refractivity contribution is 5.73. The number of rotatable bonds is 6. The molecule has 2 heterocycles. The third-order valence-corrected chi connectivity index (χ3v) is 6.26. The zero-order valence-electron chi connectivity index (χ0n) is 19.6. The minimum absolute atomic E-state index is 0.104. The monoisotopic (exact) mass is 466 g/mol. The summed E-state index contributed by atoms with van der Waals surface area (Å²) in [4.78, 5) is 13.7. The summed E-state index contributed by atoms with van der Waals surface area (Å²) in [5.74, 6) is 1.56. The first-order valence-corrected chi connectivity index (χ1v) is 11.2. The van der Waals surface area contributed by atoms with Crippen molar-refractivity contribution in [2.24, 2.45) is 0 Å².